The zero-order valence-corrected chi connectivity index (χ0v) is 20.5. The van der Waals surface area contributed by atoms with Crippen molar-refractivity contribution in [1.82, 2.24) is 20.9 Å². The molecule has 2 amide bonds. The molecule has 2 fully saturated rings. The molecule has 2 rings (SSSR count). The Morgan fingerprint density at radius 3 is 2.47 bits per heavy atom. The Balaban J connectivity index is 2.22. The number of carbonyl (C=O) groups is 2. The molecule has 6 N–H and O–H groups in total. The van der Waals surface area contributed by atoms with Crippen molar-refractivity contribution >= 4 is 23.6 Å². The Morgan fingerprint density at radius 2 is 1.88 bits per heavy atom. The summed E-state index contributed by atoms with van der Waals surface area (Å²) in [6, 6.07) is -1.72. The minimum absolute atomic E-state index is 0.0952. The van der Waals surface area contributed by atoms with E-state index in [-0.39, 0.29) is 24.4 Å². The molecule has 2 aliphatic rings. The van der Waals surface area contributed by atoms with Crippen LogP contribution in [0.1, 0.15) is 33.1 Å². The fourth-order valence-electron chi connectivity index (χ4n) is 4.70. The van der Waals surface area contributed by atoms with Crippen molar-refractivity contribution in [3.05, 3.63) is 0 Å². The van der Waals surface area contributed by atoms with Crippen LogP contribution in [0.15, 0.2) is 0 Å². The van der Waals surface area contributed by atoms with Gasteiger partial charge in [0.25, 0.3) is 0 Å². The Morgan fingerprint density at radius 1 is 1.19 bits per heavy atom. The third-order valence-corrected chi connectivity index (χ3v) is 7.26. The highest BCUT2D eigenvalue weighted by atomic mass is 32.2. The lowest BCUT2D eigenvalue weighted by molar-refractivity contribution is -0.207. The van der Waals surface area contributed by atoms with Gasteiger partial charge in [0.15, 0.2) is 0 Å². The fourth-order valence-corrected chi connectivity index (χ4v) is 5.38. The van der Waals surface area contributed by atoms with Crippen LogP contribution >= 0.6 is 11.8 Å². The van der Waals surface area contributed by atoms with Gasteiger partial charge in [0.05, 0.1) is 18.6 Å². The molecule has 2 unspecified atom stereocenters. The van der Waals surface area contributed by atoms with E-state index < -0.39 is 41.9 Å². The second kappa shape index (κ2) is 12.5. The summed E-state index contributed by atoms with van der Waals surface area (Å²) in [5.74, 6) is -0.0307. The summed E-state index contributed by atoms with van der Waals surface area (Å²) in [7, 11) is 3.57. The molecule has 0 aromatic rings. The maximum atomic E-state index is 13.2. The number of carbonyl (C=O) groups excluding carboxylic acids is 2. The van der Waals surface area contributed by atoms with Crippen LogP contribution in [0.4, 0.5) is 0 Å². The van der Waals surface area contributed by atoms with E-state index in [0.29, 0.717) is 5.92 Å². The lowest BCUT2D eigenvalue weighted by Crippen LogP contribution is -2.67. The van der Waals surface area contributed by atoms with Gasteiger partial charge >= 0.3 is 0 Å². The number of aliphatic hydroxyl groups is 3. The summed E-state index contributed by atoms with van der Waals surface area (Å²) in [5.41, 5.74) is -0.777. The van der Waals surface area contributed by atoms with E-state index in [1.807, 2.05) is 11.9 Å². The zero-order valence-electron chi connectivity index (χ0n) is 19.7. The minimum Gasteiger partial charge on any atom is -0.388 e. The van der Waals surface area contributed by atoms with Crippen molar-refractivity contribution in [3.8, 4) is 0 Å². The molecule has 0 saturated carbocycles. The van der Waals surface area contributed by atoms with E-state index in [0.717, 1.165) is 25.8 Å². The molecule has 0 aromatic heterocycles. The molecule has 186 valence electrons. The third kappa shape index (κ3) is 6.55. The molecule has 11 heteroatoms. The van der Waals surface area contributed by atoms with Gasteiger partial charge in [0, 0.05) is 12.6 Å². The van der Waals surface area contributed by atoms with Gasteiger partial charge in [-0.3, -0.25) is 14.5 Å². The van der Waals surface area contributed by atoms with Crippen molar-refractivity contribution in [3.63, 3.8) is 0 Å². The number of hydrogen-bond acceptors (Lipinski definition) is 9. The average molecular weight is 477 g/mol. The molecule has 0 radical (unpaired) electrons. The number of nitrogens with zero attached hydrogens (tertiary/aromatic N) is 1. The Labute approximate surface area is 194 Å². The highest BCUT2D eigenvalue weighted by Gasteiger charge is 2.48. The van der Waals surface area contributed by atoms with Crippen LogP contribution in [0.5, 0.6) is 0 Å². The number of likely N-dealkylation sites (N-methyl/N-ethyl adjacent to an activating group) is 2. The van der Waals surface area contributed by atoms with Gasteiger partial charge < -0.3 is 36.0 Å². The monoisotopic (exact) mass is 476 g/mol. The van der Waals surface area contributed by atoms with E-state index in [1.165, 1.54) is 11.8 Å². The lowest BCUT2D eigenvalue weighted by Gasteiger charge is -2.45. The molecule has 32 heavy (non-hydrogen) atoms. The van der Waals surface area contributed by atoms with Gasteiger partial charge in [0.1, 0.15) is 29.9 Å². The predicted molar refractivity (Wildman–Crippen MR) is 123 cm³/mol. The fraction of sp³-hybridized carbons (Fsp3) is 0.905. The van der Waals surface area contributed by atoms with E-state index in [4.69, 9.17) is 4.74 Å². The van der Waals surface area contributed by atoms with E-state index in [2.05, 4.69) is 22.9 Å². The third-order valence-electron chi connectivity index (χ3n) is 6.40. The summed E-state index contributed by atoms with van der Waals surface area (Å²) in [6.45, 7) is 4.78. The van der Waals surface area contributed by atoms with Gasteiger partial charge in [-0.25, -0.2) is 0 Å². The van der Waals surface area contributed by atoms with Crippen LogP contribution in [0.25, 0.3) is 0 Å². The second-order valence-corrected chi connectivity index (χ2v) is 9.88. The first kappa shape index (κ1) is 27.3. The highest BCUT2D eigenvalue weighted by molar-refractivity contribution is 7.99. The summed E-state index contributed by atoms with van der Waals surface area (Å²) in [4.78, 5) is 27.4. The normalized spacial score (nSPS) is 35.3. The lowest BCUT2D eigenvalue weighted by atomic mass is 9.90. The quantitative estimate of drug-likeness (QED) is 0.222. The van der Waals surface area contributed by atoms with Crippen LogP contribution in [0.2, 0.25) is 0 Å². The number of thioether (sulfide) groups is 1. The summed E-state index contributed by atoms with van der Waals surface area (Å²) in [5, 5.41) is 39.8. The standard InChI is InChI=1S/C21H40N4O6S/c1-6-7-12-8-13(25(4)10-12)20(30)24-15(11(2)23-14(26)9-22-3)19-17(28)16(27)18(29)21(31-19)32-5/h11-13,15-19,21-22,27-29H,6-10H2,1-5H3,(H,23,26)(H,24,30)/t11-,12+,13-,15+,16?,17-,18+,19+,21?/m0/s1. The number of likely N-dealkylation sites (tertiary alicyclic amines) is 1. The van der Waals surface area contributed by atoms with E-state index >= 15 is 0 Å². The van der Waals surface area contributed by atoms with Gasteiger partial charge in [0.2, 0.25) is 11.8 Å². The van der Waals surface area contributed by atoms with Crippen LogP contribution in [0, 0.1) is 5.92 Å². The van der Waals surface area contributed by atoms with Gasteiger partial charge in [-0.1, -0.05) is 13.3 Å². The molecule has 2 heterocycles. The molecule has 9 atom stereocenters. The zero-order chi connectivity index (χ0) is 24.0. The van der Waals surface area contributed by atoms with E-state index in [1.54, 1.807) is 20.2 Å². The number of nitrogens with one attached hydrogen (secondary N) is 3. The largest absolute Gasteiger partial charge is 0.388 e. The van der Waals surface area contributed by atoms with Crippen molar-refractivity contribution in [1.29, 1.82) is 0 Å². The van der Waals surface area contributed by atoms with E-state index in [9.17, 15) is 24.9 Å². The number of ether oxygens (including phenoxy) is 1. The van der Waals surface area contributed by atoms with Gasteiger partial charge in [-0.2, -0.15) is 0 Å². The second-order valence-electron chi connectivity index (χ2n) is 8.94. The van der Waals surface area contributed by atoms with Gasteiger partial charge in [-0.15, -0.1) is 11.8 Å². The van der Waals surface area contributed by atoms with Crippen LogP contribution < -0.4 is 16.0 Å². The van der Waals surface area contributed by atoms with Crippen molar-refractivity contribution in [2.75, 3.05) is 33.4 Å². The molecule has 0 bridgehead atoms. The molecule has 0 aromatic carbocycles. The van der Waals surface area contributed by atoms with Crippen molar-refractivity contribution in [2.45, 2.75) is 81.1 Å². The average Bonchev–Trinajstić information content (AvgIpc) is 3.11. The number of rotatable bonds is 10. The molecular weight excluding hydrogens is 436 g/mol. The Hall–Kier alpha value is -0.950. The minimum atomic E-state index is -1.44. The number of amides is 2. The molecule has 0 aliphatic carbocycles. The molecular formula is C21H40N4O6S. The number of aliphatic hydroxyl groups excluding tert-OH is 3. The van der Waals surface area contributed by atoms with Crippen LogP contribution in [0.3, 0.4) is 0 Å². The first-order valence-corrected chi connectivity index (χ1v) is 12.6. The molecule has 10 nitrogen and oxygen atoms in total. The molecule has 2 aliphatic heterocycles. The summed E-state index contributed by atoms with van der Waals surface area (Å²) >= 11 is 1.20. The maximum absolute atomic E-state index is 13.2. The predicted octanol–water partition coefficient (Wildman–Crippen LogP) is -1.51. The van der Waals surface area contributed by atoms with Crippen molar-refractivity contribution < 1.29 is 29.6 Å². The molecule has 2 saturated heterocycles. The Bertz CT molecular complexity index is 627. The highest BCUT2D eigenvalue weighted by Crippen LogP contribution is 2.30. The summed E-state index contributed by atoms with van der Waals surface area (Å²) in [6.07, 6.45) is -0.574. The number of hydrogen-bond donors (Lipinski definition) is 6. The molecule has 0 spiro atoms. The topological polar surface area (TPSA) is 143 Å². The first-order valence-electron chi connectivity index (χ1n) is 11.3. The first-order chi connectivity index (χ1) is 15.1. The van der Waals surface area contributed by atoms with Crippen molar-refractivity contribution in [2.24, 2.45) is 5.92 Å². The van der Waals surface area contributed by atoms with Crippen LogP contribution in [-0.4, -0.2) is 113 Å². The SMILES string of the molecule is CCC[C@@H]1C[C@@H](C(=O)N[C@@H]([C@H]2OC(SC)[C@H](O)C(O)[C@@H]2O)[C@H](C)NC(=O)CNC)N(C)C1. The Kier molecular flexibility index (Phi) is 10.7. The smallest absolute Gasteiger partial charge is 0.237 e. The van der Waals surface area contributed by atoms with Crippen LogP contribution in [-0.2, 0) is 14.3 Å². The summed E-state index contributed by atoms with van der Waals surface area (Å²) < 4.78 is 5.91. The maximum Gasteiger partial charge on any atom is 0.237 e. The van der Waals surface area contributed by atoms with Gasteiger partial charge in [-0.05, 0) is 46.0 Å².